The van der Waals surface area contributed by atoms with Crippen molar-refractivity contribution in [1.29, 1.82) is 0 Å². The van der Waals surface area contributed by atoms with Crippen LogP contribution in [-0.4, -0.2) is 6.61 Å². The van der Waals surface area contributed by atoms with E-state index < -0.39 is 23.3 Å². The van der Waals surface area contributed by atoms with Crippen molar-refractivity contribution < 1.29 is 26.7 Å². The molecule has 0 saturated heterocycles. The molecule has 1 nitrogen and oxygen atoms in total. The van der Waals surface area contributed by atoms with Gasteiger partial charge in [0.05, 0.1) is 12.4 Å². The van der Waals surface area contributed by atoms with Crippen LogP contribution in [0.4, 0.5) is 22.0 Å². The van der Waals surface area contributed by atoms with Gasteiger partial charge in [-0.05, 0) is 56.4 Å². The molecule has 32 heavy (non-hydrogen) atoms. The zero-order valence-corrected chi connectivity index (χ0v) is 17.8. The molecule has 0 aromatic heterocycles. The van der Waals surface area contributed by atoms with Crippen LogP contribution in [-0.2, 0) is 6.42 Å². The van der Waals surface area contributed by atoms with Crippen molar-refractivity contribution in [3.8, 4) is 28.0 Å². The molecule has 0 unspecified atom stereocenters. The standard InChI is InChI=1S/C26H23F5O/c1-3-32-22-15-14-21(25(30)26(22)31)20-13-12-19(23(28)24(20)29)18-10-8-17(9-11-18)7-5-4-6-16(2)27/h6,8-15H,3-5,7H2,1-2H3. The van der Waals surface area contributed by atoms with Gasteiger partial charge in [0.15, 0.2) is 23.2 Å². The Labute approximate surface area is 184 Å². The summed E-state index contributed by atoms with van der Waals surface area (Å²) in [5.41, 5.74) is 0.693. The predicted molar refractivity (Wildman–Crippen MR) is 116 cm³/mol. The molecule has 168 valence electrons. The molecule has 0 N–H and O–H groups in total. The Hall–Kier alpha value is -3.15. The van der Waals surface area contributed by atoms with Gasteiger partial charge >= 0.3 is 0 Å². The number of rotatable bonds is 8. The van der Waals surface area contributed by atoms with Crippen LogP contribution in [0.25, 0.3) is 22.3 Å². The third-order valence-electron chi connectivity index (χ3n) is 5.08. The lowest BCUT2D eigenvalue weighted by molar-refractivity contribution is 0.314. The van der Waals surface area contributed by atoms with E-state index in [1.165, 1.54) is 31.2 Å². The summed E-state index contributed by atoms with van der Waals surface area (Å²) in [6, 6.07) is 11.8. The molecule has 0 spiro atoms. The molecule has 0 aliphatic rings. The summed E-state index contributed by atoms with van der Waals surface area (Å²) >= 11 is 0. The fourth-order valence-corrected chi connectivity index (χ4v) is 3.45. The summed E-state index contributed by atoms with van der Waals surface area (Å²) in [7, 11) is 0. The predicted octanol–water partition coefficient (Wildman–Crippen LogP) is 8.17. The maximum absolute atomic E-state index is 14.8. The fourth-order valence-electron chi connectivity index (χ4n) is 3.45. The number of benzene rings is 3. The van der Waals surface area contributed by atoms with Gasteiger partial charge in [-0.3, -0.25) is 0 Å². The van der Waals surface area contributed by atoms with Crippen LogP contribution in [0.5, 0.6) is 5.75 Å². The van der Waals surface area contributed by atoms with Crippen molar-refractivity contribution in [1.82, 2.24) is 0 Å². The minimum Gasteiger partial charge on any atom is -0.491 e. The van der Waals surface area contributed by atoms with Crippen molar-refractivity contribution in [3.05, 3.63) is 89.3 Å². The molecule has 6 heteroatoms. The first kappa shape index (κ1) is 23.5. The highest BCUT2D eigenvalue weighted by Crippen LogP contribution is 2.35. The summed E-state index contributed by atoms with van der Waals surface area (Å²) in [5.74, 6) is -5.46. The topological polar surface area (TPSA) is 9.23 Å². The number of hydrogen-bond donors (Lipinski definition) is 0. The maximum Gasteiger partial charge on any atom is 0.201 e. The van der Waals surface area contributed by atoms with Gasteiger partial charge in [-0.2, -0.15) is 4.39 Å². The van der Waals surface area contributed by atoms with E-state index in [-0.39, 0.29) is 34.9 Å². The van der Waals surface area contributed by atoms with E-state index >= 15 is 0 Å². The summed E-state index contributed by atoms with van der Waals surface area (Å²) in [6.45, 7) is 3.16. The second kappa shape index (κ2) is 10.4. The molecular formula is C26H23F5O. The normalized spacial score (nSPS) is 11.7. The van der Waals surface area contributed by atoms with Gasteiger partial charge in [-0.15, -0.1) is 0 Å². The summed E-state index contributed by atoms with van der Waals surface area (Å²) in [5, 5.41) is 0. The maximum atomic E-state index is 14.8. The lowest BCUT2D eigenvalue weighted by Gasteiger charge is -2.12. The Balaban J connectivity index is 1.85. The third-order valence-corrected chi connectivity index (χ3v) is 5.08. The zero-order valence-electron chi connectivity index (χ0n) is 17.8. The molecule has 0 atom stereocenters. The van der Waals surface area contributed by atoms with E-state index in [1.807, 2.05) is 0 Å². The smallest absolute Gasteiger partial charge is 0.201 e. The molecule has 0 radical (unpaired) electrons. The Morgan fingerprint density at radius 1 is 0.781 bits per heavy atom. The number of aryl methyl sites for hydroxylation is 1. The lowest BCUT2D eigenvalue weighted by Crippen LogP contribution is -2.00. The number of allylic oxidation sites excluding steroid dienone is 2. The Morgan fingerprint density at radius 2 is 1.34 bits per heavy atom. The molecule has 3 aromatic carbocycles. The number of unbranched alkanes of at least 4 members (excludes halogenated alkanes) is 1. The molecule has 0 aliphatic heterocycles. The summed E-state index contributed by atoms with van der Waals surface area (Å²) in [4.78, 5) is 0. The summed E-state index contributed by atoms with van der Waals surface area (Å²) < 4.78 is 76.0. The lowest BCUT2D eigenvalue weighted by atomic mass is 9.97. The Bertz CT molecular complexity index is 1120. The Morgan fingerprint density at radius 3 is 1.97 bits per heavy atom. The van der Waals surface area contributed by atoms with Crippen molar-refractivity contribution >= 4 is 0 Å². The van der Waals surface area contributed by atoms with E-state index in [4.69, 9.17) is 4.74 Å². The van der Waals surface area contributed by atoms with Crippen LogP contribution in [0, 0.1) is 23.3 Å². The van der Waals surface area contributed by atoms with Gasteiger partial charge in [0.25, 0.3) is 0 Å². The molecule has 0 aliphatic carbocycles. The highest BCUT2D eigenvalue weighted by atomic mass is 19.2. The van der Waals surface area contributed by atoms with Crippen LogP contribution >= 0.6 is 0 Å². The quantitative estimate of drug-likeness (QED) is 0.250. The van der Waals surface area contributed by atoms with Crippen LogP contribution in [0.1, 0.15) is 32.3 Å². The minimum absolute atomic E-state index is 0.0144. The molecular weight excluding hydrogens is 423 g/mol. The van der Waals surface area contributed by atoms with Gasteiger partial charge in [-0.1, -0.05) is 42.5 Å². The second-order valence-electron chi connectivity index (χ2n) is 7.34. The number of ether oxygens (including phenoxy) is 1. The van der Waals surface area contributed by atoms with Crippen LogP contribution in [0.3, 0.4) is 0 Å². The van der Waals surface area contributed by atoms with Crippen molar-refractivity contribution in [2.75, 3.05) is 6.61 Å². The first-order chi connectivity index (χ1) is 15.3. The first-order valence-corrected chi connectivity index (χ1v) is 10.3. The average molecular weight is 446 g/mol. The van der Waals surface area contributed by atoms with E-state index in [9.17, 15) is 22.0 Å². The van der Waals surface area contributed by atoms with Crippen LogP contribution < -0.4 is 4.74 Å². The van der Waals surface area contributed by atoms with E-state index in [2.05, 4.69) is 0 Å². The molecule has 0 fully saturated rings. The van der Waals surface area contributed by atoms with E-state index in [0.717, 1.165) is 24.5 Å². The number of halogens is 5. The second-order valence-corrected chi connectivity index (χ2v) is 7.34. The SMILES string of the molecule is CCOc1ccc(-c2ccc(-c3ccc(CCCC=C(C)F)cc3)c(F)c2F)c(F)c1F. The van der Waals surface area contributed by atoms with Crippen molar-refractivity contribution in [3.63, 3.8) is 0 Å². The molecule has 0 amide bonds. The Kier molecular flexibility index (Phi) is 7.67. The van der Waals surface area contributed by atoms with Crippen molar-refractivity contribution in [2.45, 2.75) is 33.1 Å². The monoisotopic (exact) mass is 446 g/mol. The molecule has 0 heterocycles. The summed E-state index contributed by atoms with van der Waals surface area (Å²) in [6.07, 6.45) is 3.63. The molecule has 0 bridgehead atoms. The van der Waals surface area contributed by atoms with E-state index in [1.54, 1.807) is 31.2 Å². The number of hydrogen-bond acceptors (Lipinski definition) is 1. The van der Waals surface area contributed by atoms with Crippen molar-refractivity contribution in [2.24, 2.45) is 0 Å². The van der Waals surface area contributed by atoms with Crippen LogP contribution in [0.15, 0.2) is 60.4 Å². The highest BCUT2D eigenvalue weighted by molar-refractivity contribution is 5.72. The van der Waals surface area contributed by atoms with Gasteiger partial charge in [0.2, 0.25) is 5.82 Å². The van der Waals surface area contributed by atoms with Gasteiger partial charge in [0, 0.05) is 16.7 Å². The zero-order chi connectivity index (χ0) is 23.3. The van der Waals surface area contributed by atoms with E-state index in [0.29, 0.717) is 12.0 Å². The van der Waals surface area contributed by atoms with Gasteiger partial charge < -0.3 is 4.74 Å². The van der Waals surface area contributed by atoms with Gasteiger partial charge in [0.1, 0.15) is 0 Å². The average Bonchev–Trinajstić information content (AvgIpc) is 2.77. The molecule has 3 aromatic rings. The van der Waals surface area contributed by atoms with Crippen LogP contribution in [0.2, 0.25) is 0 Å². The highest BCUT2D eigenvalue weighted by Gasteiger charge is 2.21. The largest absolute Gasteiger partial charge is 0.491 e. The first-order valence-electron chi connectivity index (χ1n) is 10.3. The van der Waals surface area contributed by atoms with Gasteiger partial charge in [-0.25, -0.2) is 17.6 Å². The molecule has 0 saturated carbocycles. The minimum atomic E-state index is -1.30. The fraction of sp³-hybridized carbons (Fsp3) is 0.231. The third kappa shape index (κ3) is 5.18. The molecule has 3 rings (SSSR count).